The average molecular weight is 214 g/mol. The van der Waals surface area contributed by atoms with Gasteiger partial charge in [0.05, 0.1) is 0 Å². The highest BCUT2D eigenvalue weighted by atomic mass is 14.7. The van der Waals surface area contributed by atoms with Crippen LogP contribution in [0.25, 0.3) is 10.9 Å². The Morgan fingerprint density at radius 3 is 2.81 bits per heavy atom. The van der Waals surface area contributed by atoms with Crippen LogP contribution in [-0.4, -0.2) is 4.98 Å². The first-order valence-corrected chi connectivity index (χ1v) is 6.18. The van der Waals surface area contributed by atoms with E-state index < -0.39 is 0 Å². The van der Waals surface area contributed by atoms with Crippen LogP contribution in [0.5, 0.6) is 0 Å². The molecule has 0 bridgehead atoms. The molecule has 1 saturated carbocycles. The normalized spacial score (nSPS) is 19.3. The van der Waals surface area contributed by atoms with Crippen LogP contribution in [0, 0.1) is 5.92 Å². The quantitative estimate of drug-likeness (QED) is 0.790. The molecule has 2 heteroatoms. The lowest BCUT2D eigenvalue weighted by Crippen LogP contribution is -2.19. The number of aromatic amines is 1. The van der Waals surface area contributed by atoms with Crippen molar-refractivity contribution in [3.8, 4) is 0 Å². The van der Waals surface area contributed by atoms with Gasteiger partial charge in [-0.2, -0.15) is 0 Å². The molecule has 1 aromatic carbocycles. The predicted octanol–water partition coefficient (Wildman–Crippen LogP) is 3.36. The molecule has 1 aliphatic rings. The molecule has 3 N–H and O–H groups in total. The van der Waals surface area contributed by atoms with Gasteiger partial charge in [-0.05, 0) is 36.5 Å². The Morgan fingerprint density at radius 1 is 1.19 bits per heavy atom. The standard InChI is InChI=1S/C14H18N2/c15-14(10-4-1-2-5-10)12-6-3-7-13-11(12)8-9-16-13/h3,6-10,14,16H,1-2,4-5,15H2/t14-/m1/s1. The lowest BCUT2D eigenvalue weighted by molar-refractivity contribution is 0.447. The molecule has 1 fully saturated rings. The summed E-state index contributed by atoms with van der Waals surface area (Å²) in [5, 5.41) is 1.29. The van der Waals surface area contributed by atoms with Crippen molar-refractivity contribution in [2.75, 3.05) is 0 Å². The largest absolute Gasteiger partial charge is 0.361 e. The Bertz CT molecular complexity index is 480. The van der Waals surface area contributed by atoms with E-state index in [1.54, 1.807) is 0 Å². The van der Waals surface area contributed by atoms with Crippen molar-refractivity contribution in [2.24, 2.45) is 11.7 Å². The maximum absolute atomic E-state index is 6.41. The van der Waals surface area contributed by atoms with Crippen LogP contribution in [0.15, 0.2) is 30.5 Å². The van der Waals surface area contributed by atoms with Gasteiger partial charge in [-0.3, -0.25) is 0 Å². The Hall–Kier alpha value is -1.28. The van der Waals surface area contributed by atoms with E-state index >= 15 is 0 Å². The molecule has 3 rings (SSSR count). The van der Waals surface area contributed by atoms with Crippen molar-refractivity contribution < 1.29 is 0 Å². The van der Waals surface area contributed by atoms with Crippen LogP contribution >= 0.6 is 0 Å². The zero-order valence-corrected chi connectivity index (χ0v) is 9.45. The molecule has 1 heterocycles. The first kappa shape index (κ1) is 9.91. The summed E-state index contributed by atoms with van der Waals surface area (Å²) in [4.78, 5) is 3.25. The van der Waals surface area contributed by atoms with E-state index in [2.05, 4.69) is 29.2 Å². The maximum atomic E-state index is 6.41. The minimum Gasteiger partial charge on any atom is -0.361 e. The van der Waals surface area contributed by atoms with Gasteiger partial charge in [0.15, 0.2) is 0 Å². The fraction of sp³-hybridized carbons (Fsp3) is 0.429. The van der Waals surface area contributed by atoms with E-state index in [1.807, 2.05) is 6.20 Å². The molecule has 0 aliphatic heterocycles. The molecular formula is C14H18N2. The van der Waals surface area contributed by atoms with Gasteiger partial charge >= 0.3 is 0 Å². The Labute approximate surface area is 95.8 Å². The lowest BCUT2D eigenvalue weighted by Gasteiger charge is -2.20. The van der Waals surface area contributed by atoms with Gasteiger partial charge in [0.25, 0.3) is 0 Å². The van der Waals surface area contributed by atoms with E-state index in [1.165, 1.54) is 42.1 Å². The smallest absolute Gasteiger partial charge is 0.0457 e. The molecule has 0 amide bonds. The van der Waals surface area contributed by atoms with Gasteiger partial charge < -0.3 is 10.7 Å². The zero-order chi connectivity index (χ0) is 11.0. The molecule has 0 radical (unpaired) electrons. The molecule has 2 nitrogen and oxygen atoms in total. The second kappa shape index (κ2) is 3.95. The molecule has 16 heavy (non-hydrogen) atoms. The number of hydrogen-bond acceptors (Lipinski definition) is 1. The topological polar surface area (TPSA) is 41.8 Å². The van der Waals surface area contributed by atoms with Gasteiger partial charge in [-0.1, -0.05) is 25.0 Å². The lowest BCUT2D eigenvalue weighted by atomic mass is 9.90. The van der Waals surface area contributed by atoms with Crippen molar-refractivity contribution in [1.29, 1.82) is 0 Å². The molecule has 1 atom stereocenters. The van der Waals surface area contributed by atoms with Crippen LogP contribution in [0.4, 0.5) is 0 Å². The number of hydrogen-bond donors (Lipinski definition) is 2. The highest BCUT2D eigenvalue weighted by Gasteiger charge is 2.24. The van der Waals surface area contributed by atoms with Crippen LogP contribution in [-0.2, 0) is 0 Å². The number of benzene rings is 1. The first-order chi connectivity index (χ1) is 7.86. The number of rotatable bonds is 2. The fourth-order valence-electron chi connectivity index (χ4n) is 2.97. The van der Waals surface area contributed by atoms with Crippen molar-refractivity contribution in [1.82, 2.24) is 4.98 Å². The maximum Gasteiger partial charge on any atom is 0.0457 e. The second-order valence-corrected chi connectivity index (χ2v) is 4.86. The van der Waals surface area contributed by atoms with E-state index in [0.29, 0.717) is 5.92 Å². The third-order valence-corrected chi connectivity index (χ3v) is 3.90. The summed E-state index contributed by atoms with van der Waals surface area (Å²) in [6, 6.07) is 8.74. The third kappa shape index (κ3) is 1.54. The number of fused-ring (bicyclic) bond motifs is 1. The van der Waals surface area contributed by atoms with Gasteiger partial charge in [0.2, 0.25) is 0 Å². The van der Waals surface area contributed by atoms with Crippen LogP contribution in [0.3, 0.4) is 0 Å². The minimum atomic E-state index is 0.210. The molecule has 1 aromatic heterocycles. The van der Waals surface area contributed by atoms with Gasteiger partial charge in [0, 0.05) is 23.1 Å². The summed E-state index contributed by atoms with van der Waals surface area (Å²) in [6.07, 6.45) is 7.28. The molecule has 1 aliphatic carbocycles. The van der Waals surface area contributed by atoms with E-state index in [0.717, 1.165) is 0 Å². The number of nitrogens with one attached hydrogen (secondary N) is 1. The van der Waals surface area contributed by atoms with E-state index in [4.69, 9.17) is 5.73 Å². The van der Waals surface area contributed by atoms with Gasteiger partial charge in [-0.15, -0.1) is 0 Å². The Balaban J connectivity index is 2.00. The predicted molar refractivity (Wildman–Crippen MR) is 67.2 cm³/mol. The molecule has 0 spiro atoms. The summed E-state index contributed by atoms with van der Waals surface area (Å²) >= 11 is 0. The van der Waals surface area contributed by atoms with E-state index in [9.17, 15) is 0 Å². The van der Waals surface area contributed by atoms with Crippen molar-refractivity contribution in [3.63, 3.8) is 0 Å². The van der Waals surface area contributed by atoms with Crippen LogP contribution < -0.4 is 5.73 Å². The summed E-state index contributed by atoms with van der Waals surface area (Å²) < 4.78 is 0. The minimum absolute atomic E-state index is 0.210. The number of aromatic nitrogens is 1. The molecule has 0 saturated heterocycles. The van der Waals surface area contributed by atoms with Gasteiger partial charge in [0.1, 0.15) is 0 Å². The molecule has 84 valence electrons. The third-order valence-electron chi connectivity index (χ3n) is 3.90. The van der Waals surface area contributed by atoms with Gasteiger partial charge in [-0.25, -0.2) is 0 Å². The Kier molecular flexibility index (Phi) is 2.44. The summed E-state index contributed by atoms with van der Waals surface area (Å²) in [5.74, 6) is 0.681. The monoisotopic (exact) mass is 214 g/mol. The fourth-order valence-corrected chi connectivity index (χ4v) is 2.97. The SMILES string of the molecule is N[C@@H](c1cccc2[nH]ccc12)C1CCCC1. The summed E-state index contributed by atoms with van der Waals surface area (Å²) in [5.41, 5.74) is 8.92. The van der Waals surface area contributed by atoms with Crippen LogP contribution in [0.2, 0.25) is 0 Å². The van der Waals surface area contributed by atoms with Crippen molar-refractivity contribution >= 4 is 10.9 Å². The first-order valence-electron chi connectivity index (χ1n) is 6.18. The summed E-state index contributed by atoms with van der Waals surface area (Å²) in [6.45, 7) is 0. The molecule has 0 unspecified atom stereocenters. The number of H-pyrrole nitrogens is 1. The molecular weight excluding hydrogens is 196 g/mol. The Morgan fingerprint density at radius 2 is 2.00 bits per heavy atom. The van der Waals surface area contributed by atoms with Crippen molar-refractivity contribution in [3.05, 3.63) is 36.0 Å². The number of nitrogens with two attached hydrogens (primary N) is 1. The highest BCUT2D eigenvalue weighted by Crippen LogP contribution is 2.36. The second-order valence-electron chi connectivity index (χ2n) is 4.86. The average Bonchev–Trinajstić information content (AvgIpc) is 2.98. The van der Waals surface area contributed by atoms with E-state index in [-0.39, 0.29) is 6.04 Å². The summed E-state index contributed by atoms with van der Waals surface area (Å²) in [7, 11) is 0. The molecule has 2 aromatic rings. The van der Waals surface area contributed by atoms with Crippen molar-refractivity contribution in [2.45, 2.75) is 31.7 Å². The highest BCUT2D eigenvalue weighted by molar-refractivity contribution is 5.83. The zero-order valence-electron chi connectivity index (χ0n) is 9.45. The van der Waals surface area contributed by atoms with Crippen LogP contribution in [0.1, 0.15) is 37.3 Å².